The Morgan fingerprint density at radius 1 is 1.12 bits per heavy atom. The molecule has 0 aliphatic rings. The first-order chi connectivity index (χ1) is 8.25. The van der Waals surface area contributed by atoms with E-state index in [2.05, 4.69) is 21.8 Å². The molecule has 84 valence electrons. The van der Waals surface area contributed by atoms with Gasteiger partial charge in [0.15, 0.2) is 17.0 Å². The molecule has 0 unspecified atom stereocenters. The molecule has 1 aromatic carbocycles. The molecule has 0 aliphatic heterocycles. The fourth-order valence-electron chi connectivity index (χ4n) is 1.97. The van der Waals surface area contributed by atoms with E-state index in [0.29, 0.717) is 5.15 Å². The third-order valence-corrected chi connectivity index (χ3v) is 3.03. The molecule has 17 heavy (non-hydrogen) atoms. The lowest BCUT2D eigenvalue weighted by molar-refractivity contribution is -0.633. The van der Waals surface area contributed by atoms with Crippen molar-refractivity contribution in [2.24, 2.45) is 7.05 Å². The molecule has 0 saturated heterocycles. The number of benzene rings is 1. The fourth-order valence-corrected chi connectivity index (χ4v) is 2.12. The molecule has 3 rings (SSSR count). The summed E-state index contributed by atoms with van der Waals surface area (Å²) in [6, 6.07) is 14.0. The highest BCUT2D eigenvalue weighted by Crippen LogP contribution is 2.16. The summed E-state index contributed by atoms with van der Waals surface area (Å²) in [6.07, 6.45) is 1.98. The average Bonchev–Trinajstić information content (AvgIpc) is 2.67. The predicted molar refractivity (Wildman–Crippen MR) is 66.8 cm³/mol. The Balaban J connectivity index is 2.28. The zero-order chi connectivity index (χ0) is 11.8. The summed E-state index contributed by atoms with van der Waals surface area (Å²) in [5.41, 5.74) is 3.28. The van der Waals surface area contributed by atoms with Gasteiger partial charge in [-0.1, -0.05) is 51.5 Å². The number of aromatic nitrogens is 3. The molecule has 3 nitrogen and oxygen atoms in total. The zero-order valence-corrected chi connectivity index (χ0v) is 10.1. The van der Waals surface area contributed by atoms with E-state index in [9.17, 15) is 0 Å². The van der Waals surface area contributed by atoms with Gasteiger partial charge in [-0.2, -0.15) is 0 Å². The minimum atomic E-state index is 0.493. The summed E-state index contributed by atoms with van der Waals surface area (Å²) in [5, 5.41) is 4.74. The van der Waals surface area contributed by atoms with Gasteiger partial charge in [0.1, 0.15) is 0 Å². The Kier molecular flexibility index (Phi) is 2.34. The summed E-state index contributed by atoms with van der Waals surface area (Å²) in [6.45, 7) is 0. The number of fused-ring (bicyclic) bond motifs is 1. The van der Waals surface area contributed by atoms with Crippen molar-refractivity contribution < 1.29 is 4.57 Å². The molecule has 2 aromatic heterocycles. The van der Waals surface area contributed by atoms with E-state index in [-0.39, 0.29) is 0 Å². The molecule has 0 N–H and O–H groups in total. The van der Waals surface area contributed by atoms with Gasteiger partial charge in [0, 0.05) is 11.6 Å². The molecule has 0 fully saturated rings. The third-order valence-electron chi connectivity index (χ3n) is 2.83. The van der Waals surface area contributed by atoms with Gasteiger partial charge in [-0.25, -0.2) is 4.57 Å². The lowest BCUT2D eigenvalue weighted by atomic mass is 10.2. The van der Waals surface area contributed by atoms with Crippen LogP contribution in [0.1, 0.15) is 0 Å². The maximum Gasteiger partial charge on any atom is 0.307 e. The lowest BCUT2D eigenvalue weighted by Crippen LogP contribution is -2.29. The van der Waals surface area contributed by atoms with Gasteiger partial charge in [0.05, 0.1) is 7.05 Å². The molecule has 0 aliphatic carbocycles. The largest absolute Gasteiger partial charge is 0.307 e. The molecular weight excluding hydrogens is 234 g/mol. The molecule has 0 saturated carbocycles. The van der Waals surface area contributed by atoms with E-state index in [4.69, 9.17) is 11.6 Å². The maximum absolute atomic E-state index is 5.89. The Bertz CT molecular complexity index is 674. The predicted octanol–water partition coefficient (Wildman–Crippen LogP) is 2.48. The smallest absolute Gasteiger partial charge is 0.224 e. The summed E-state index contributed by atoms with van der Waals surface area (Å²) in [4.78, 5) is 0. The third kappa shape index (κ3) is 1.68. The molecule has 0 radical (unpaired) electrons. The van der Waals surface area contributed by atoms with E-state index in [1.165, 1.54) is 0 Å². The van der Waals surface area contributed by atoms with E-state index >= 15 is 0 Å². The van der Waals surface area contributed by atoms with Crippen LogP contribution in [0, 0.1) is 0 Å². The highest BCUT2D eigenvalue weighted by Gasteiger charge is 2.16. The Morgan fingerprint density at radius 3 is 2.65 bits per heavy atom. The molecule has 0 spiro atoms. The first-order valence-electron chi connectivity index (χ1n) is 5.35. The minimum Gasteiger partial charge on any atom is -0.224 e. The van der Waals surface area contributed by atoms with Gasteiger partial charge in [-0.05, 0) is 6.07 Å². The lowest BCUT2D eigenvalue weighted by Gasteiger charge is -1.95. The van der Waals surface area contributed by atoms with Crippen molar-refractivity contribution in [1.82, 2.24) is 9.61 Å². The molecule has 4 heteroatoms. The summed E-state index contributed by atoms with van der Waals surface area (Å²) in [5.74, 6) is 0. The van der Waals surface area contributed by atoms with Crippen LogP contribution in [-0.4, -0.2) is 9.61 Å². The number of hydrogen-bond acceptors (Lipinski definition) is 1. The Labute approximate surface area is 104 Å². The van der Waals surface area contributed by atoms with Crippen LogP contribution < -0.4 is 4.57 Å². The first kappa shape index (κ1) is 10.3. The second-order valence-corrected chi connectivity index (χ2v) is 4.29. The number of halogens is 1. The average molecular weight is 245 g/mol. The summed E-state index contributed by atoms with van der Waals surface area (Å²) < 4.78 is 3.89. The van der Waals surface area contributed by atoms with Crippen LogP contribution in [0.3, 0.4) is 0 Å². The van der Waals surface area contributed by atoms with Crippen molar-refractivity contribution in [2.45, 2.75) is 0 Å². The molecule has 3 aromatic rings. The molecule has 0 bridgehead atoms. The van der Waals surface area contributed by atoms with Crippen LogP contribution in [0.5, 0.6) is 0 Å². The highest BCUT2D eigenvalue weighted by molar-refractivity contribution is 6.29. The highest BCUT2D eigenvalue weighted by atomic mass is 35.5. The molecule has 0 atom stereocenters. The number of aryl methyl sites for hydroxylation is 1. The van der Waals surface area contributed by atoms with E-state index in [1.807, 2.05) is 37.5 Å². The number of hydrogen-bond donors (Lipinski definition) is 0. The standard InChI is InChI=1S/C13H11ClN3/c1-16-11(10-5-3-2-4-6-10)9-17-13(16)8-7-12(14)15-17/h2-9H,1H3/q+1. The van der Waals surface area contributed by atoms with Crippen molar-refractivity contribution in [2.75, 3.05) is 0 Å². The Morgan fingerprint density at radius 2 is 1.88 bits per heavy atom. The van der Waals surface area contributed by atoms with E-state index in [0.717, 1.165) is 16.9 Å². The SMILES string of the molecule is C[n+]1c(-c2ccccc2)cn2nc(Cl)ccc21. The van der Waals surface area contributed by atoms with Crippen molar-refractivity contribution in [3.05, 3.63) is 53.8 Å². The topological polar surface area (TPSA) is 21.2 Å². The van der Waals surface area contributed by atoms with E-state index in [1.54, 1.807) is 10.6 Å². The van der Waals surface area contributed by atoms with Crippen LogP contribution in [0.4, 0.5) is 0 Å². The second-order valence-electron chi connectivity index (χ2n) is 3.90. The summed E-state index contributed by atoms with van der Waals surface area (Å²) >= 11 is 5.89. The maximum atomic E-state index is 5.89. The van der Waals surface area contributed by atoms with Gasteiger partial charge < -0.3 is 0 Å². The number of rotatable bonds is 1. The summed E-state index contributed by atoms with van der Waals surface area (Å²) in [7, 11) is 2.02. The van der Waals surface area contributed by atoms with Crippen LogP contribution in [-0.2, 0) is 7.05 Å². The van der Waals surface area contributed by atoms with Gasteiger partial charge in [-0.15, -0.1) is 0 Å². The van der Waals surface area contributed by atoms with Crippen LogP contribution >= 0.6 is 11.6 Å². The first-order valence-corrected chi connectivity index (χ1v) is 5.73. The van der Waals surface area contributed by atoms with E-state index < -0.39 is 0 Å². The number of imidazole rings is 1. The quantitative estimate of drug-likeness (QED) is 0.603. The number of nitrogens with zero attached hydrogens (tertiary/aromatic N) is 3. The molecular formula is C13H11ClN3+. The van der Waals surface area contributed by atoms with Crippen LogP contribution in [0.2, 0.25) is 5.15 Å². The monoisotopic (exact) mass is 244 g/mol. The van der Waals surface area contributed by atoms with Gasteiger partial charge >= 0.3 is 5.65 Å². The normalized spacial score (nSPS) is 10.9. The Hall–Kier alpha value is -1.87. The van der Waals surface area contributed by atoms with Gasteiger partial charge in [-0.3, -0.25) is 0 Å². The van der Waals surface area contributed by atoms with Crippen molar-refractivity contribution >= 4 is 17.2 Å². The fraction of sp³-hybridized carbons (Fsp3) is 0.0769. The van der Waals surface area contributed by atoms with Gasteiger partial charge in [0.25, 0.3) is 0 Å². The van der Waals surface area contributed by atoms with Crippen LogP contribution in [0.15, 0.2) is 48.7 Å². The zero-order valence-electron chi connectivity index (χ0n) is 9.34. The van der Waals surface area contributed by atoms with Crippen molar-refractivity contribution in [3.8, 4) is 11.3 Å². The van der Waals surface area contributed by atoms with Crippen molar-refractivity contribution in [1.29, 1.82) is 0 Å². The van der Waals surface area contributed by atoms with Gasteiger partial charge in [0.2, 0.25) is 0 Å². The van der Waals surface area contributed by atoms with Crippen LogP contribution in [0.25, 0.3) is 16.9 Å². The second kappa shape index (κ2) is 3.86. The molecule has 2 heterocycles. The molecule has 0 amide bonds. The minimum absolute atomic E-state index is 0.493. The van der Waals surface area contributed by atoms with Crippen molar-refractivity contribution in [3.63, 3.8) is 0 Å².